The Morgan fingerprint density at radius 2 is 1.73 bits per heavy atom. The molecule has 2 amide bonds. The third-order valence-electron chi connectivity index (χ3n) is 6.03. The van der Waals surface area contributed by atoms with E-state index >= 15 is 0 Å². The maximum atomic E-state index is 12.7. The standard InChI is InChI=1S/C26H30N4O2S/c1-3-29-12-14-30(15-13-29)23-11-10-22(17-19(23)2)28-25(31)21-8-6-20(7-9-21)18-27-26(32)24-5-4-16-33-24/h4-11,16-17H,3,12-15,18H2,1-2H3,(H,27,32)(H,28,31). The summed E-state index contributed by atoms with van der Waals surface area (Å²) >= 11 is 1.41. The van der Waals surface area contributed by atoms with Gasteiger partial charge >= 0.3 is 0 Å². The van der Waals surface area contributed by atoms with E-state index in [4.69, 9.17) is 0 Å². The number of thiophene rings is 1. The number of hydrogen-bond acceptors (Lipinski definition) is 5. The molecule has 172 valence electrons. The summed E-state index contributed by atoms with van der Waals surface area (Å²) in [6.45, 7) is 10.0. The summed E-state index contributed by atoms with van der Waals surface area (Å²) in [6.07, 6.45) is 0. The molecule has 4 rings (SSSR count). The molecule has 2 aromatic carbocycles. The number of hydrogen-bond donors (Lipinski definition) is 2. The Morgan fingerprint density at radius 3 is 2.36 bits per heavy atom. The quantitative estimate of drug-likeness (QED) is 0.547. The van der Waals surface area contributed by atoms with Crippen LogP contribution in [-0.2, 0) is 6.54 Å². The van der Waals surface area contributed by atoms with Gasteiger partial charge < -0.3 is 20.4 Å². The molecule has 0 atom stereocenters. The van der Waals surface area contributed by atoms with Crippen LogP contribution in [0.2, 0.25) is 0 Å². The van der Waals surface area contributed by atoms with Crippen molar-refractivity contribution in [2.45, 2.75) is 20.4 Å². The maximum Gasteiger partial charge on any atom is 0.261 e. The molecule has 6 nitrogen and oxygen atoms in total. The number of aryl methyl sites for hydroxylation is 1. The molecule has 33 heavy (non-hydrogen) atoms. The minimum atomic E-state index is -0.145. The molecule has 1 saturated heterocycles. The number of nitrogens with one attached hydrogen (secondary N) is 2. The fourth-order valence-corrected chi connectivity index (χ4v) is 4.69. The first-order valence-electron chi connectivity index (χ1n) is 11.3. The zero-order valence-corrected chi connectivity index (χ0v) is 20.0. The molecule has 0 unspecified atom stereocenters. The van der Waals surface area contributed by atoms with Crippen LogP contribution in [0.25, 0.3) is 0 Å². The van der Waals surface area contributed by atoms with E-state index in [2.05, 4.69) is 40.3 Å². The predicted octanol–water partition coefficient (Wildman–Crippen LogP) is 4.38. The minimum Gasteiger partial charge on any atom is -0.369 e. The first-order valence-corrected chi connectivity index (χ1v) is 12.2. The molecular formula is C26H30N4O2S. The number of carbonyl (C=O) groups is 2. The van der Waals surface area contributed by atoms with Gasteiger partial charge in [0.25, 0.3) is 11.8 Å². The summed E-state index contributed by atoms with van der Waals surface area (Å²) < 4.78 is 0. The van der Waals surface area contributed by atoms with Crippen molar-refractivity contribution in [1.82, 2.24) is 10.2 Å². The number of amides is 2. The van der Waals surface area contributed by atoms with Crippen LogP contribution in [0.3, 0.4) is 0 Å². The highest BCUT2D eigenvalue weighted by Gasteiger charge is 2.17. The molecule has 7 heteroatoms. The molecule has 1 fully saturated rings. The fourth-order valence-electron chi connectivity index (χ4n) is 4.05. The van der Waals surface area contributed by atoms with E-state index in [-0.39, 0.29) is 11.8 Å². The van der Waals surface area contributed by atoms with Gasteiger partial charge in [-0.1, -0.05) is 25.1 Å². The van der Waals surface area contributed by atoms with E-state index in [1.807, 2.05) is 35.7 Å². The number of nitrogens with zero attached hydrogens (tertiary/aromatic N) is 2. The number of anilines is 2. The van der Waals surface area contributed by atoms with Gasteiger partial charge in [-0.05, 0) is 66.4 Å². The Labute approximate surface area is 199 Å². The first kappa shape index (κ1) is 23.0. The van der Waals surface area contributed by atoms with Crippen molar-refractivity contribution < 1.29 is 9.59 Å². The van der Waals surface area contributed by atoms with E-state index in [1.54, 1.807) is 18.2 Å². The SMILES string of the molecule is CCN1CCN(c2ccc(NC(=O)c3ccc(CNC(=O)c4cccs4)cc3)cc2C)CC1. The Bertz CT molecular complexity index is 1090. The third-order valence-corrected chi connectivity index (χ3v) is 6.90. The van der Waals surface area contributed by atoms with Gasteiger partial charge in [0.1, 0.15) is 0 Å². The number of carbonyl (C=O) groups excluding carboxylic acids is 2. The highest BCUT2D eigenvalue weighted by molar-refractivity contribution is 7.12. The highest BCUT2D eigenvalue weighted by Crippen LogP contribution is 2.25. The van der Waals surface area contributed by atoms with Gasteiger partial charge in [0.2, 0.25) is 0 Å². The zero-order valence-electron chi connectivity index (χ0n) is 19.1. The van der Waals surface area contributed by atoms with Crippen molar-refractivity contribution in [1.29, 1.82) is 0 Å². The van der Waals surface area contributed by atoms with Crippen LogP contribution >= 0.6 is 11.3 Å². The van der Waals surface area contributed by atoms with Crippen LogP contribution in [-0.4, -0.2) is 49.4 Å². The average Bonchev–Trinajstić information content (AvgIpc) is 3.38. The number of piperazine rings is 1. The lowest BCUT2D eigenvalue weighted by molar-refractivity contribution is 0.0953. The molecule has 0 spiro atoms. The van der Waals surface area contributed by atoms with E-state index < -0.39 is 0 Å². The Morgan fingerprint density at radius 1 is 0.970 bits per heavy atom. The molecule has 0 saturated carbocycles. The van der Waals surface area contributed by atoms with E-state index in [0.717, 1.165) is 49.5 Å². The molecule has 0 radical (unpaired) electrons. The number of rotatable bonds is 7. The van der Waals surface area contributed by atoms with Crippen molar-refractivity contribution in [3.63, 3.8) is 0 Å². The van der Waals surface area contributed by atoms with Crippen molar-refractivity contribution in [2.24, 2.45) is 0 Å². The lowest BCUT2D eigenvalue weighted by atomic mass is 10.1. The van der Waals surface area contributed by atoms with Gasteiger partial charge in [0, 0.05) is 49.7 Å². The summed E-state index contributed by atoms with van der Waals surface area (Å²) in [4.78, 5) is 30.4. The van der Waals surface area contributed by atoms with Gasteiger partial charge in [-0.25, -0.2) is 0 Å². The maximum absolute atomic E-state index is 12.7. The van der Waals surface area contributed by atoms with Crippen LogP contribution in [0.4, 0.5) is 11.4 Å². The molecule has 1 aliphatic heterocycles. The van der Waals surface area contributed by atoms with Crippen LogP contribution in [0.15, 0.2) is 60.0 Å². The Kier molecular flexibility index (Phi) is 7.42. The molecule has 1 aromatic heterocycles. The monoisotopic (exact) mass is 462 g/mol. The molecule has 1 aliphatic rings. The van der Waals surface area contributed by atoms with Gasteiger partial charge in [-0.3, -0.25) is 9.59 Å². The average molecular weight is 463 g/mol. The Balaban J connectivity index is 1.32. The molecular weight excluding hydrogens is 432 g/mol. The number of likely N-dealkylation sites (N-methyl/N-ethyl adjacent to an activating group) is 1. The van der Waals surface area contributed by atoms with Crippen LogP contribution in [0.5, 0.6) is 0 Å². The smallest absolute Gasteiger partial charge is 0.261 e. The molecule has 2 N–H and O–H groups in total. The highest BCUT2D eigenvalue weighted by atomic mass is 32.1. The molecule has 3 aromatic rings. The summed E-state index contributed by atoms with van der Waals surface area (Å²) in [7, 11) is 0. The van der Waals surface area contributed by atoms with E-state index in [9.17, 15) is 9.59 Å². The molecule has 0 aliphatic carbocycles. The van der Waals surface area contributed by atoms with Crippen LogP contribution in [0.1, 0.15) is 38.1 Å². The summed E-state index contributed by atoms with van der Waals surface area (Å²) in [5.41, 5.74) is 4.72. The van der Waals surface area contributed by atoms with E-state index in [1.165, 1.54) is 17.0 Å². The summed E-state index contributed by atoms with van der Waals surface area (Å²) in [5, 5.41) is 7.78. The van der Waals surface area contributed by atoms with E-state index in [0.29, 0.717) is 17.0 Å². The predicted molar refractivity (Wildman–Crippen MR) is 135 cm³/mol. The lowest BCUT2D eigenvalue weighted by Gasteiger charge is -2.36. The zero-order chi connectivity index (χ0) is 23.2. The van der Waals surface area contributed by atoms with Crippen LogP contribution in [0, 0.1) is 6.92 Å². The normalized spacial score (nSPS) is 14.2. The summed E-state index contributed by atoms with van der Waals surface area (Å²) in [5.74, 6) is -0.231. The van der Waals surface area contributed by atoms with Gasteiger partial charge in [-0.15, -0.1) is 11.3 Å². The van der Waals surface area contributed by atoms with Gasteiger partial charge in [0.05, 0.1) is 4.88 Å². The fraction of sp³-hybridized carbons (Fsp3) is 0.308. The Hall–Kier alpha value is -3.16. The first-order chi connectivity index (χ1) is 16.0. The second kappa shape index (κ2) is 10.6. The second-order valence-corrected chi connectivity index (χ2v) is 9.18. The van der Waals surface area contributed by atoms with Crippen molar-refractivity contribution in [3.8, 4) is 0 Å². The molecule has 2 heterocycles. The number of benzene rings is 2. The van der Waals surface area contributed by atoms with Crippen molar-refractivity contribution in [3.05, 3.63) is 81.5 Å². The van der Waals surface area contributed by atoms with Crippen LogP contribution < -0.4 is 15.5 Å². The minimum absolute atomic E-state index is 0.0853. The largest absolute Gasteiger partial charge is 0.369 e. The summed E-state index contributed by atoms with van der Waals surface area (Å²) in [6, 6.07) is 17.1. The lowest BCUT2D eigenvalue weighted by Crippen LogP contribution is -2.46. The van der Waals surface area contributed by atoms with Crippen molar-refractivity contribution >= 4 is 34.5 Å². The molecule has 0 bridgehead atoms. The van der Waals surface area contributed by atoms with Crippen molar-refractivity contribution in [2.75, 3.05) is 42.9 Å². The third kappa shape index (κ3) is 5.80. The van der Waals surface area contributed by atoms with Gasteiger partial charge in [0.15, 0.2) is 0 Å². The van der Waals surface area contributed by atoms with Gasteiger partial charge in [-0.2, -0.15) is 0 Å². The second-order valence-electron chi connectivity index (χ2n) is 8.23. The topological polar surface area (TPSA) is 64.7 Å².